The summed E-state index contributed by atoms with van der Waals surface area (Å²) >= 11 is 4.26. The first-order valence-corrected chi connectivity index (χ1v) is 14.9. The number of likely N-dealkylation sites (tertiary alicyclic amines) is 1. The monoisotopic (exact) mass is 461 g/mol. The van der Waals surface area contributed by atoms with Gasteiger partial charge in [0.05, 0.1) is 24.0 Å². The van der Waals surface area contributed by atoms with Crippen LogP contribution in [0.15, 0.2) is 12.2 Å². The number of thiol groups is 1. The first kappa shape index (κ1) is 25.9. The molecule has 1 saturated heterocycles. The second kappa shape index (κ2) is 10.8. The number of hydrogen-bond donors (Lipinski definition) is 1. The van der Waals surface area contributed by atoms with Crippen LogP contribution in [0.2, 0.25) is 25.7 Å². The van der Waals surface area contributed by atoms with Crippen molar-refractivity contribution in [3.8, 4) is 0 Å². The number of rotatable bonds is 11. The van der Waals surface area contributed by atoms with E-state index in [-0.39, 0.29) is 37.1 Å². The maximum atomic E-state index is 12.6. The van der Waals surface area contributed by atoms with Crippen molar-refractivity contribution in [1.29, 1.82) is 0 Å². The van der Waals surface area contributed by atoms with Crippen LogP contribution in [0.1, 0.15) is 27.2 Å². The number of amides is 1. The van der Waals surface area contributed by atoms with Gasteiger partial charge < -0.3 is 18.8 Å². The normalized spacial score (nSPS) is 19.8. The molecule has 0 spiro atoms. The average Bonchev–Trinajstić information content (AvgIpc) is 2.61. The van der Waals surface area contributed by atoms with Crippen LogP contribution in [-0.4, -0.2) is 71.5 Å². The second-order valence-electron chi connectivity index (χ2n) is 9.02. The highest BCUT2D eigenvalue weighted by Gasteiger charge is 2.47. The second-order valence-corrected chi connectivity index (χ2v) is 15.6. The van der Waals surface area contributed by atoms with Crippen molar-refractivity contribution >= 4 is 49.0 Å². The van der Waals surface area contributed by atoms with Crippen molar-refractivity contribution in [1.82, 2.24) is 4.90 Å². The number of hydrogen-bond acceptors (Lipinski definition) is 7. The van der Waals surface area contributed by atoms with Gasteiger partial charge in [0.25, 0.3) is 0 Å². The molecule has 1 amide bonds. The lowest BCUT2D eigenvalue weighted by Gasteiger charge is -2.40. The Kier molecular flexibility index (Phi) is 9.64. The molecule has 3 unspecified atom stereocenters. The number of esters is 2. The van der Waals surface area contributed by atoms with Gasteiger partial charge in [0, 0.05) is 14.0 Å². The van der Waals surface area contributed by atoms with E-state index in [1.54, 1.807) is 6.08 Å². The lowest BCUT2D eigenvalue weighted by molar-refractivity contribution is -0.172. The van der Waals surface area contributed by atoms with E-state index >= 15 is 0 Å². The minimum absolute atomic E-state index is 0.00164. The molecule has 0 aromatic carbocycles. The molecule has 10 heteroatoms. The van der Waals surface area contributed by atoms with Crippen LogP contribution in [-0.2, 0) is 28.3 Å². The van der Waals surface area contributed by atoms with Crippen LogP contribution >= 0.6 is 12.6 Å². The van der Waals surface area contributed by atoms with Gasteiger partial charge in [-0.25, -0.2) is 9.59 Å². The summed E-state index contributed by atoms with van der Waals surface area (Å²) in [5, 5.41) is -0.494. The largest absolute Gasteiger partial charge is 0.464 e. The van der Waals surface area contributed by atoms with E-state index in [4.69, 9.17) is 13.9 Å². The molecule has 0 aliphatic carbocycles. The van der Waals surface area contributed by atoms with E-state index in [9.17, 15) is 14.4 Å². The molecule has 0 aromatic heterocycles. The molecule has 1 aliphatic heterocycles. The Morgan fingerprint density at radius 2 is 1.90 bits per heavy atom. The van der Waals surface area contributed by atoms with Gasteiger partial charge in [-0.05, 0) is 19.9 Å². The van der Waals surface area contributed by atoms with Crippen LogP contribution in [0.3, 0.4) is 0 Å². The Morgan fingerprint density at radius 3 is 2.38 bits per heavy atom. The summed E-state index contributed by atoms with van der Waals surface area (Å²) in [6, 6.07) is -0.634. The maximum absolute atomic E-state index is 12.6. The fraction of sp³-hybridized carbons (Fsp3) is 0.737. The number of carbonyl (C=O) groups is 3. The molecule has 0 radical (unpaired) electrons. The van der Waals surface area contributed by atoms with Crippen LogP contribution < -0.4 is 0 Å². The first-order valence-electron chi connectivity index (χ1n) is 9.84. The van der Waals surface area contributed by atoms with E-state index in [0.29, 0.717) is 10.5 Å². The van der Waals surface area contributed by atoms with Crippen LogP contribution in [0.4, 0.5) is 0 Å². The first-order chi connectivity index (χ1) is 13.3. The Hall–Kier alpha value is -1.11. The Bertz CT molecular complexity index is 635. The van der Waals surface area contributed by atoms with E-state index in [1.165, 1.54) is 0 Å². The minimum Gasteiger partial charge on any atom is -0.464 e. The molecule has 0 aromatic rings. The Morgan fingerprint density at radius 1 is 1.31 bits per heavy atom. The van der Waals surface area contributed by atoms with Crippen molar-refractivity contribution < 1.29 is 28.3 Å². The standard InChI is InChI=1S/C19H35NO6SSi2/c1-13(19(2,3)26-28)8-7-9-24-17(22)16(20-14(21)12-15(20)27)18(23)25-10-11-29(4,5)6/h7-8,13,15-16,27H,9-12H2,1-6,28H3. The fourth-order valence-corrected chi connectivity index (χ4v) is 3.98. The molecule has 0 saturated carbocycles. The van der Waals surface area contributed by atoms with Crippen molar-refractivity contribution in [3.63, 3.8) is 0 Å². The zero-order valence-corrected chi connectivity index (χ0v) is 22.5. The predicted molar refractivity (Wildman–Crippen MR) is 122 cm³/mol. The molecule has 3 atom stereocenters. The van der Waals surface area contributed by atoms with Gasteiger partial charge >= 0.3 is 11.9 Å². The summed E-state index contributed by atoms with van der Waals surface area (Å²) in [5.74, 6) is -1.75. The molecule has 29 heavy (non-hydrogen) atoms. The number of nitrogens with zero attached hydrogens (tertiary/aromatic N) is 1. The molecular weight excluding hydrogens is 426 g/mol. The van der Waals surface area contributed by atoms with Crippen molar-refractivity contribution in [2.75, 3.05) is 13.2 Å². The molecule has 1 heterocycles. The van der Waals surface area contributed by atoms with E-state index < -0.39 is 31.4 Å². The predicted octanol–water partition coefficient (Wildman–Crippen LogP) is 1.54. The quantitative estimate of drug-likeness (QED) is 0.126. The lowest BCUT2D eigenvalue weighted by atomic mass is 9.93. The van der Waals surface area contributed by atoms with Gasteiger partial charge in [-0.15, -0.1) is 0 Å². The zero-order valence-electron chi connectivity index (χ0n) is 18.6. The summed E-state index contributed by atoms with van der Waals surface area (Å²) in [6.07, 6.45) is 3.80. The third kappa shape index (κ3) is 7.91. The van der Waals surface area contributed by atoms with Crippen LogP contribution in [0.5, 0.6) is 0 Å². The van der Waals surface area contributed by atoms with Gasteiger partial charge in [-0.3, -0.25) is 4.79 Å². The molecule has 166 valence electrons. The highest BCUT2D eigenvalue weighted by molar-refractivity contribution is 7.81. The van der Waals surface area contributed by atoms with Gasteiger partial charge in [-0.2, -0.15) is 12.6 Å². The maximum Gasteiger partial charge on any atom is 0.341 e. The number of ether oxygens (including phenoxy) is 2. The van der Waals surface area contributed by atoms with E-state index in [1.807, 2.05) is 26.8 Å². The van der Waals surface area contributed by atoms with Gasteiger partial charge in [-0.1, -0.05) is 38.7 Å². The number of carbonyl (C=O) groups excluding carboxylic acids is 3. The van der Waals surface area contributed by atoms with Gasteiger partial charge in [0.1, 0.15) is 17.1 Å². The molecule has 7 nitrogen and oxygen atoms in total. The summed E-state index contributed by atoms with van der Waals surface area (Å²) in [7, 11) is -0.764. The highest BCUT2D eigenvalue weighted by atomic mass is 32.1. The third-order valence-electron chi connectivity index (χ3n) is 5.16. The van der Waals surface area contributed by atoms with E-state index in [2.05, 4.69) is 32.3 Å². The molecular formula is C19H35NO6SSi2. The summed E-state index contributed by atoms with van der Waals surface area (Å²) < 4.78 is 16.1. The average molecular weight is 462 g/mol. The SMILES string of the molecule is CC(C=CCOC(=O)C(C(=O)OCC[Si](C)(C)C)N1C(=O)CC1S)C(C)(C)O[SiH3]. The molecule has 0 bridgehead atoms. The molecule has 1 fully saturated rings. The lowest BCUT2D eigenvalue weighted by Crippen LogP contribution is -2.61. The fourth-order valence-electron chi connectivity index (χ4n) is 2.48. The molecule has 1 aliphatic rings. The van der Waals surface area contributed by atoms with Crippen LogP contribution in [0.25, 0.3) is 0 Å². The van der Waals surface area contributed by atoms with Crippen molar-refractivity contribution in [2.45, 2.75) is 69.9 Å². The minimum atomic E-state index is -1.41. The molecule has 0 N–H and O–H groups in total. The van der Waals surface area contributed by atoms with Gasteiger partial charge in [0.2, 0.25) is 11.9 Å². The zero-order chi connectivity index (χ0) is 22.4. The van der Waals surface area contributed by atoms with Crippen molar-refractivity contribution in [3.05, 3.63) is 12.2 Å². The Balaban J connectivity index is 2.72. The third-order valence-corrected chi connectivity index (χ3v) is 8.34. The summed E-state index contributed by atoms with van der Waals surface area (Å²) in [4.78, 5) is 38.2. The van der Waals surface area contributed by atoms with Crippen molar-refractivity contribution in [2.24, 2.45) is 5.92 Å². The van der Waals surface area contributed by atoms with E-state index in [0.717, 1.165) is 10.9 Å². The Labute approximate surface area is 183 Å². The van der Waals surface area contributed by atoms with Gasteiger partial charge in [0.15, 0.2) is 0 Å². The van der Waals surface area contributed by atoms with Crippen LogP contribution in [0, 0.1) is 5.92 Å². The number of β-lactam (4-membered cyclic amide) rings is 1. The summed E-state index contributed by atoms with van der Waals surface area (Å²) in [6.45, 7) is 12.7. The highest BCUT2D eigenvalue weighted by Crippen LogP contribution is 2.27. The topological polar surface area (TPSA) is 82.1 Å². The summed E-state index contributed by atoms with van der Waals surface area (Å²) in [5.41, 5.74) is -0.293. The smallest absolute Gasteiger partial charge is 0.341 e. The molecule has 1 rings (SSSR count).